The fraction of sp³-hybridized carbons (Fsp3) is 0.542. The lowest BCUT2D eigenvalue weighted by Crippen LogP contribution is -2.59. The van der Waals surface area contributed by atoms with E-state index < -0.39 is 66.2 Å². The minimum Gasteiger partial charge on any atom is -0.508 e. The van der Waals surface area contributed by atoms with E-state index in [4.69, 9.17) is 10.8 Å². The molecular formula is C24H36N4O8. The number of rotatable bonds is 14. The number of nitrogens with two attached hydrogens (primary N) is 1. The molecular weight excluding hydrogens is 472 g/mol. The number of aromatic hydroxyl groups is 1. The first kappa shape index (κ1) is 30.4. The molecule has 3 amide bonds. The molecule has 1 rings (SSSR count). The van der Waals surface area contributed by atoms with Gasteiger partial charge in [0.2, 0.25) is 17.7 Å². The predicted octanol–water partition coefficient (Wildman–Crippen LogP) is -0.0222. The van der Waals surface area contributed by atoms with Crippen LogP contribution >= 0.6 is 0 Å². The van der Waals surface area contributed by atoms with Crippen molar-refractivity contribution in [3.8, 4) is 5.75 Å². The Morgan fingerprint density at radius 1 is 0.833 bits per heavy atom. The highest BCUT2D eigenvalue weighted by Crippen LogP contribution is 2.13. The summed E-state index contributed by atoms with van der Waals surface area (Å²) in [5.74, 6) is -5.43. The van der Waals surface area contributed by atoms with Gasteiger partial charge in [-0.1, -0.05) is 39.8 Å². The zero-order valence-corrected chi connectivity index (χ0v) is 20.9. The van der Waals surface area contributed by atoms with Gasteiger partial charge < -0.3 is 37.0 Å². The lowest BCUT2D eigenvalue weighted by atomic mass is 9.99. The summed E-state index contributed by atoms with van der Waals surface area (Å²) in [4.78, 5) is 60.9. The summed E-state index contributed by atoms with van der Waals surface area (Å²) in [5, 5.41) is 34.9. The molecule has 12 nitrogen and oxygen atoms in total. The van der Waals surface area contributed by atoms with Crippen molar-refractivity contribution >= 4 is 29.7 Å². The van der Waals surface area contributed by atoms with Crippen LogP contribution in [-0.2, 0) is 30.4 Å². The van der Waals surface area contributed by atoms with Crippen LogP contribution in [0.15, 0.2) is 24.3 Å². The summed E-state index contributed by atoms with van der Waals surface area (Å²) in [6, 6.07) is 1.11. The Kier molecular flexibility index (Phi) is 11.8. The van der Waals surface area contributed by atoms with Crippen LogP contribution in [0.2, 0.25) is 0 Å². The minimum absolute atomic E-state index is 0.0219. The van der Waals surface area contributed by atoms with E-state index in [1.54, 1.807) is 26.0 Å². The van der Waals surface area contributed by atoms with Crippen molar-refractivity contribution in [1.82, 2.24) is 16.0 Å². The van der Waals surface area contributed by atoms with Gasteiger partial charge in [0.15, 0.2) is 0 Å². The van der Waals surface area contributed by atoms with Gasteiger partial charge in [0.25, 0.3) is 0 Å². The Morgan fingerprint density at radius 2 is 1.39 bits per heavy atom. The number of amides is 3. The van der Waals surface area contributed by atoms with Crippen LogP contribution in [0, 0.1) is 11.8 Å². The highest BCUT2D eigenvalue weighted by atomic mass is 16.4. The average molecular weight is 509 g/mol. The van der Waals surface area contributed by atoms with Gasteiger partial charge in [-0.05, 0) is 36.0 Å². The number of phenols is 1. The van der Waals surface area contributed by atoms with Crippen LogP contribution in [0.4, 0.5) is 0 Å². The van der Waals surface area contributed by atoms with Crippen LogP contribution in [0.25, 0.3) is 0 Å². The number of benzene rings is 1. The number of hydrogen-bond donors (Lipinski definition) is 7. The third kappa shape index (κ3) is 10.3. The maximum Gasteiger partial charge on any atom is 0.326 e. The number of carbonyl (C=O) groups is 5. The minimum atomic E-state index is -1.69. The number of aliphatic carboxylic acids is 2. The van der Waals surface area contributed by atoms with Crippen LogP contribution in [-0.4, -0.2) is 69.1 Å². The maximum atomic E-state index is 13.2. The molecule has 0 bridgehead atoms. The second-order valence-electron chi connectivity index (χ2n) is 9.40. The van der Waals surface area contributed by atoms with Gasteiger partial charge in [0.1, 0.15) is 23.9 Å². The lowest BCUT2D eigenvalue weighted by molar-refractivity contribution is -0.147. The molecule has 0 fully saturated rings. The maximum absolute atomic E-state index is 13.2. The normalized spacial score (nSPS) is 14.4. The SMILES string of the molecule is CC(C)CC(N)C(=O)NC(Cc1ccc(O)cc1)C(=O)NC(C(=O)NC(CC(=O)O)C(=O)O)C(C)C. The second-order valence-corrected chi connectivity index (χ2v) is 9.40. The molecule has 0 aliphatic carbocycles. The van der Waals surface area contributed by atoms with E-state index in [9.17, 15) is 34.2 Å². The third-order valence-electron chi connectivity index (χ3n) is 5.31. The molecule has 0 aliphatic rings. The van der Waals surface area contributed by atoms with Crippen LogP contribution in [0.1, 0.15) is 46.1 Å². The molecule has 200 valence electrons. The Balaban J connectivity index is 3.11. The number of phenolic OH excluding ortho intramolecular Hbond substituents is 1. The monoisotopic (exact) mass is 508 g/mol. The second kappa shape index (κ2) is 14.0. The summed E-state index contributed by atoms with van der Waals surface area (Å²) in [6.07, 6.45) is -0.431. The van der Waals surface area contributed by atoms with E-state index >= 15 is 0 Å². The standard InChI is InChI=1S/C24H36N4O8/c1-12(2)9-16(25)21(32)26-17(10-14-5-7-15(29)8-6-14)22(33)28-20(13(3)4)23(34)27-18(24(35)36)11-19(30)31/h5-8,12-13,16-18,20,29H,9-11,25H2,1-4H3,(H,26,32)(H,27,34)(H,28,33)(H,30,31)(H,35,36). The van der Waals surface area contributed by atoms with Gasteiger partial charge in [0, 0.05) is 6.42 Å². The number of hydrogen-bond acceptors (Lipinski definition) is 7. The van der Waals surface area contributed by atoms with E-state index in [-0.39, 0.29) is 18.1 Å². The quantitative estimate of drug-likeness (QED) is 0.180. The fourth-order valence-electron chi connectivity index (χ4n) is 3.40. The first-order chi connectivity index (χ1) is 16.7. The first-order valence-corrected chi connectivity index (χ1v) is 11.6. The largest absolute Gasteiger partial charge is 0.508 e. The Morgan fingerprint density at radius 3 is 1.86 bits per heavy atom. The highest BCUT2D eigenvalue weighted by Gasteiger charge is 2.32. The Labute approximate surface area is 209 Å². The van der Waals surface area contributed by atoms with Crippen molar-refractivity contribution in [2.75, 3.05) is 0 Å². The zero-order chi connectivity index (χ0) is 27.6. The molecule has 0 aliphatic heterocycles. The summed E-state index contributed by atoms with van der Waals surface area (Å²) < 4.78 is 0. The molecule has 0 heterocycles. The fourth-order valence-corrected chi connectivity index (χ4v) is 3.40. The van der Waals surface area contributed by atoms with Crippen LogP contribution in [0.5, 0.6) is 5.75 Å². The topological polar surface area (TPSA) is 208 Å². The van der Waals surface area contributed by atoms with Crippen molar-refractivity contribution in [2.45, 2.75) is 71.1 Å². The van der Waals surface area contributed by atoms with Gasteiger partial charge in [-0.3, -0.25) is 19.2 Å². The van der Waals surface area contributed by atoms with E-state index in [0.717, 1.165) is 0 Å². The van der Waals surface area contributed by atoms with Crippen molar-refractivity contribution < 1.29 is 39.3 Å². The van der Waals surface area contributed by atoms with E-state index in [2.05, 4.69) is 16.0 Å². The summed E-state index contributed by atoms with van der Waals surface area (Å²) in [7, 11) is 0. The van der Waals surface area contributed by atoms with Gasteiger partial charge >= 0.3 is 11.9 Å². The van der Waals surface area contributed by atoms with Crippen molar-refractivity contribution in [1.29, 1.82) is 0 Å². The van der Waals surface area contributed by atoms with Gasteiger partial charge in [-0.2, -0.15) is 0 Å². The van der Waals surface area contributed by atoms with E-state index in [0.29, 0.717) is 12.0 Å². The van der Waals surface area contributed by atoms with Gasteiger partial charge in [-0.25, -0.2) is 4.79 Å². The number of carboxylic acid groups (broad SMARTS) is 2. The Hall–Kier alpha value is -3.67. The summed E-state index contributed by atoms with van der Waals surface area (Å²) >= 11 is 0. The third-order valence-corrected chi connectivity index (χ3v) is 5.31. The first-order valence-electron chi connectivity index (χ1n) is 11.6. The van der Waals surface area contributed by atoms with Crippen molar-refractivity contribution in [2.24, 2.45) is 17.6 Å². The average Bonchev–Trinajstić information content (AvgIpc) is 2.76. The molecule has 1 aromatic carbocycles. The molecule has 0 saturated carbocycles. The predicted molar refractivity (Wildman–Crippen MR) is 130 cm³/mol. The highest BCUT2D eigenvalue weighted by molar-refractivity contribution is 5.94. The smallest absolute Gasteiger partial charge is 0.326 e. The number of nitrogens with one attached hydrogen (secondary N) is 3. The molecule has 0 aromatic heterocycles. The molecule has 0 radical (unpaired) electrons. The van der Waals surface area contributed by atoms with E-state index in [1.807, 2.05) is 13.8 Å². The molecule has 0 spiro atoms. The Bertz CT molecular complexity index is 933. The van der Waals surface area contributed by atoms with Crippen molar-refractivity contribution in [3.05, 3.63) is 29.8 Å². The van der Waals surface area contributed by atoms with Crippen LogP contribution in [0.3, 0.4) is 0 Å². The van der Waals surface area contributed by atoms with Gasteiger partial charge in [-0.15, -0.1) is 0 Å². The van der Waals surface area contributed by atoms with Gasteiger partial charge in [0.05, 0.1) is 12.5 Å². The zero-order valence-electron chi connectivity index (χ0n) is 20.9. The molecule has 1 aromatic rings. The number of carboxylic acids is 2. The molecule has 8 N–H and O–H groups in total. The molecule has 4 atom stereocenters. The lowest BCUT2D eigenvalue weighted by Gasteiger charge is -2.27. The molecule has 12 heteroatoms. The summed E-state index contributed by atoms with van der Waals surface area (Å²) in [6.45, 7) is 7.02. The molecule has 36 heavy (non-hydrogen) atoms. The molecule has 0 saturated heterocycles. The van der Waals surface area contributed by atoms with Crippen molar-refractivity contribution in [3.63, 3.8) is 0 Å². The van der Waals surface area contributed by atoms with E-state index in [1.165, 1.54) is 12.1 Å². The summed E-state index contributed by atoms with van der Waals surface area (Å²) in [5.41, 5.74) is 6.57. The molecule has 4 unspecified atom stereocenters. The number of carbonyl (C=O) groups excluding carboxylic acids is 3. The van der Waals surface area contributed by atoms with Crippen LogP contribution < -0.4 is 21.7 Å².